The van der Waals surface area contributed by atoms with Crippen LogP contribution >= 0.6 is 0 Å². The molecule has 4 nitrogen and oxygen atoms in total. The summed E-state index contributed by atoms with van der Waals surface area (Å²) in [6.07, 6.45) is 4.53. The van der Waals surface area contributed by atoms with Crippen LogP contribution in [0.3, 0.4) is 0 Å². The van der Waals surface area contributed by atoms with Gasteiger partial charge in [0.05, 0.1) is 11.9 Å². The molecule has 0 atom stereocenters. The molecule has 2 aliphatic rings. The highest BCUT2D eigenvalue weighted by atomic mass is 16.2. The summed E-state index contributed by atoms with van der Waals surface area (Å²) in [5.41, 5.74) is 3.31. The van der Waals surface area contributed by atoms with Crippen molar-refractivity contribution >= 4 is 17.4 Å². The molecule has 0 unspecified atom stereocenters. The number of allylic oxidation sites excluding steroid dienone is 3. The zero-order chi connectivity index (χ0) is 8.55. The number of carbonyl (C=O) groups excluding carboxylic acids is 2. The summed E-state index contributed by atoms with van der Waals surface area (Å²) in [5.74, 6) is -1.21. The summed E-state index contributed by atoms with van der Waals surface area (Å²) in [5, 5.41) is 2.40. The number of fused-ring (bicyclic) bond motifs is 1. The van der Waals surface area contributed by atoms with E-state index in [2.05, 4.69) is 16.0 Å². The van der Waals surface area contributed by atoms with Gasteiger partial charge in [0.25, 0.3) is 11.7 Å². The molecule has 1 N–H and O–H groups in total. The van der Waals surface area contributed by atoms with Crippen LogP contribution in [0.5, 0.6) is 0 Å². The van der Waals surface area contributed by atoms with Crippen molar-refractivity contribution in [1.82, 2.24) is 5.32 Å². The van der Waals surface area contributed by atoms with E-state index in [4.69, 9.17) is 0 Å². The number of nitrogens with one attached hydrogen (secondary N) is 1. The molecular formula is C8H4N2O2. The normalized spacial score (nSPS) is 19.7. The smallest absolute Gasteiger partial charge is 0.298 e. The van der Waals surface area contributed by atoms with E-state index in [0.29, 0.717) is 5.70 Å². The number of Topliss-reactive ketones (excluding diaryl/α,β-unsaturated/α-hetero) is 1. The Hall–Kier alpha value is -1.93. The lowest BCUT2D eigenvalue weighted by atomic mass is 10.2. The van der Waals surface area contributed by atoms with Gasteiger partial charge in [-0.15, -0.1) is 5.73 Å². The standard InChI is InChI=1S/C8H4N2O2/c11-7-6-5(10-8(7)12)3-1-2-4-9-6/h1,3-4H,(H,10,12). The SMILES string of the molecule is O=C1NC2=CC=C=CN=C2C1=O. The van der Waals surface area contributed by atoms with Gasteiger partial charge >= 0.3 is 0 Å². The summed E-state index contributed by atoms with van der Waals surface area (Å²) in [6.45, 7) is 0. The maximum absolute atomic E-state index is 11.0. The highest BCUT2D eigenvalue weighted by Gasteiger charge is 2.32. The van der Waals surface area contributed by atoms with Crippen molar-refractivity contribution in [2.75, 3.05) is 0 Å². The highest BCUT2D eigenvalue weighted by molar-refractivity contribution is 6.72. The van der Waals surface area contributed by atoms with Gasteiger partial charge in [0, 0.05) is 0 Å². The van der Waals surface area contributed by atoms with Crippen LogP contribution in [-0.2, 0) is 9.59 Å². The van der Waals surface area contributed by atoms with Crippen molar-refractivity contribution in [2.24, 2.45) is 4.99 Å². The van der Waals surface area contributed by atoms with Gasteiger partial charge in [0.2, 0.25) is 0 Å². The molecule has 2 heterocycles. The first kappa shape index (κ1) is 6.76. The van der Waals surface area contributed by atoms with Crippen molar-refractivity contribution in [3.05, 3.63) is 29.8 Å². The van der Waals surface area contributed by atoms with Crippen LogP contribution in [0.1, 0.15) is 0 Å². The van der Waals surface area contributed by atoms with Gasteiger partial charge in [-0.3, -0.25) is 9.59 Å². The summed E-state index contributed by atoms with van der Waals surface area (Å²) in [7, 11) is 0. The van der Waals surface area contributed by atoms with Crippen LogP contribution in [0.4, 0.5) is 0 Å². The average Bonchev–Trinajstić information content (AvgIpc) is 2.30. The fourth-order valence-electron chi connectivity index (χ4n) is 0.993. The Labute approximate surface area is 68.0 Å². The first-order valence-electron chi connectivity index (χ1n) is 3.34. The average molecular weight is 160 g/mol. The molecular weight excluding hydrogens is 156 g/mol. The monoisotopic (exact) mass is 160 g/mol. The molecule has 0 radical (unpaired) electrons. The number of ketones is 1. The molecule has 0 aliphatic carbocycles. The molecule has 1 amide bonds. The van der Waals surface area contributed by atoms with Crippen molar-refractivity contribution in [3.8, 4) is 0 Å². The van der Waals surface area contributed by atoms with Gasteiger partial charge in [-0.2, -0.15) is 0 Å². The molecule has 0 bridgehead atoms. The molecule has 0 aromatic heterocycles. The molecule has 2 rings (SSSR count). The fourth-order valence-corrected chi connectivity index (χ4v) is 0.993. The van der Waals surface area contributed by atoms with E-state index in [1.807, 2.05) is 0 Å². The molecule has 1 fully saturated rings. The van der Waals surface area contributed by atoms with Gasteiger partial charge in [-0.05, 0) is 12.2 Å². The molecule has 1 saturated heterocycles. The molecule has 12 heavy (non-hydrogen) atoms. The summed E-state index contributed by atoms with van der Waals surface area (Å²) < 4.78 is 0. The maximum Gasteiger partial charge on any atom is 0.298 e. The summed E-state index contributed by atoms with van der Waals surface area (Å²) >= 11 is 0. The van der Waals surface area contributed by atoms with E-state index in [-0.39, 0.29) is 5.71 Å². The lowest BCUT2D eigenvalue weighted by Crippen LogP contribution is -2.18. The van der Waals surface area contributed by atoms with Gasteiger partial charge in [0.1, 0.15) is 5.71 Å². The number of amides is 1. The van der Waals surface area contributed by atoms with E-state index in [9.17, 15) is 9.59 Å². The van der Waals surface area contributed by atoms with Crippen LogP contribution in [0.15, 0.2) is 34.8 Å². The number of aliphatic imine (C=N–C) groups is 1. The minimum atomic E-state index is -0.622. The Bertz CT molecular complexity index is 395. The first-order valence-corrected chi connectivity index (χ1v) is 3.34. The minimum absolute atomic E-state index is 0.168. The number of nitrogens with zero attached hydrogens (tertiary/aromatic N) is 1. The minimum Gasteiger partial charge on any atom is -0.317 e. The Kier molecular flexibility index (Phi) is 1.29. The third-order valence-electron chi connectivity index (χ3n) is 1.54. The third-order valence-corrected chi connectivity index (χ3v) is 1.54. The molecule has 2 aliphatic heterocycles. The van der Waals surface area contributed by atoms with Crippen LogP contribution in [0, 0.1) is 0 Å². The number of hydrogen-bond donors (Lipinski definition) is 1. The molecule has 0 spiro atoms. The topological polar surface area (TPSA) is 58.5 Å². The van der Waals surface area contributed by atoms with Crippen molar-refractivity contribution < 1.29 is 9.59 Å². The van der Waals surface area contributed by atoms with Gasteiger partial charge in [-0.1, -0.05) is 0 Å². The molecule has 0 aromatic carbocycles. The Morgan fingerprint density at radius 2 is 2.25 bits per heavy atom. The molecule has 4 heteroatoms. The quantitative estimate of drug-likeness (QED) is 0.390. The maximum atomic E-state index is 11.0. The van der Waals surface area contributed by atoms with Crippen molar-refractivity contribution in [2.45, 2.75) is 0 Å². The van der Waals surface area contributed by atoms with Crippen LogP contribution in [0.2, 0.25) is 0 Å². The Balaban J connectivity index is 2.55. The first-order chi connectivity index (χ1) is 5.79. The second-order valence-electron chi connectivity index (χ2n) is 2.30. The predicted molar refractivity (Wildman–Crippen MR) is 41.3 cm³/mol. The van der Waals surface area contributed by atoms with Crippen LogP contribution in [-0.4, -0.2) is 17.4 Å². The van der Waals surface area contributed by atoms with Gasteiger partial charge in [-0.25, -0.2) is 4.99 Å². The van der Waals surface area contributed by atoms with Gasteiger partial charge < -0.3 is 5.32 Å². The van der Waals surface area contributed by atoms with Crippen LogP contribution < -0.4 is 5.32 Å². The number of carbonyl (C=O) groups is 2. The fraction of sp³-hybridized carbons (Fsp3) is 0. The Morgan fingerprint density at radius 1 is 1.42 bits per heavy atom. The molecule has 0 aromatic rings. The van der Waals surface area contributed by atoms with E-state index >= 15 is 0 Å². The molecule has 58 valence electrons. The van der Waals surface area contributed by atoms with E-state index in [1.165, 1.54) is 6.20 Å². The Morgan fingerprint density at radius 3 is 3.08 bits per heavy atom. The summed E-state index contributed by atoms with van der Waals surface area (Å²) in [4.78, 5) is 25.6. The van der Waals surface area contributed by atoms with Crippen molar-refractivity contribution in [3.63, 3.8) is 0 Å². The van der Waals surface area contributed by atoms with Gasteiger partial charge in [0.15, 0.2) is 0 Å². The molecule has 0 saturated carbocycles. The number of hydrogen-bond acceptors (Lipinski definition) is 3. The van der Waals surface area contributed by atoms with E-state index in [0.717, 1.165) is 0 Å². The van der Waals surface area contributed by atoms with E-state index < -0.39 is 11.7 Å². The second-order valence-corrected chi connectivity index (χ2v) is 2.30. The van der Waals surface area contributed by atoms with E-state index in [1.54, 1.807) is 12.2 Å². The zero-order valence-electron chi connectivity index (χ0n) is 6.00. The second kappa shape index (κ2) is 2.29. The predicted octanol–water partition coefficient (Wildman–Crippen LogP) is -0.307. The lowest BCUT2D eigenvalue weighted by Gasteiger charge is -1.90. The summed E-state index contributed by atoms with van der Waals surface area (Å²) in [6, 6.07) is 0. The van der Waals surface area contributed by atoms with Crippen LogP contribution in [0.25, 0.3) is 0 Å². The highest BCUT2D eigenvalue weighted by Crippen LogP contribution is 2.07. The largest absolute Gasteiger partial charge is 0.317 e. The lowest BCUT2D eigenvalue weighted by molar-refractivity contribution is -0.132. The van der Waals surface area contributed by atoms with Crippen molar-refractivity contribution in [1.29, 1.82) is 0 Å². The zero-order valence-corrected chi connectivity index (χ0v) is 6.00. The third kappa shape index (κ3) is 0.828. The number of rotatable bonds is 0.